The van der Waals surface area contributed by atoms with E-state index >= 15 is 0 Å². The second-order valence-electron chi connectivity index (χ2n) is 7.10. The van der Waals surface area contributed by atoms with E-state index in [9.17, 15) is 9.59 Å². The van der Waals surface area contributed by atoms with Gasteiger partial charge in [-0.2, -0.15) is 0 Å². The Labute approximate surface area is 166 Å². The average molecular weight is 382 g/mol. The lowest BCUT2D eigenvalue weighted by Gasteiger charge is -2.34. The summed E-state index contributed by atoms with van der Waals surface area (Å²) in [6, 6.07) is 16.9. The Morgan fingerprint density at radius 3 is 2.32 bits per heavy atom. The summed E-state index contributed by atoms with van der Waals surface area (Å²) in [5.41, 5.74) is 1.76. The Hall–Kier alpha value is -2.86. The second kappa shape index (κ2) is 9.37. The lowest BCUT2D eigenvalue weighted by atomic mass is 10.1. The topological polar surface area (TPSA) is 63.1 Å². The first-order valence-electron chi connectivity index (χ1n) is 9.68. The molecular weight excluding hydrogens is 354 g/mol. The number of nitrogens with one attached hydrogen (secondary N) is 2. The molecule has 1 aliphatic rings. The normalized spacial score (nSPS) is 15.7. The molecule has 3 rings (SSSR count). The van der Waals surface area contributed by atoms with Gasteiger partial charge in [-0.25, -0.2) is 0 Å². The Kier molecular flexibility index (Phi) is 6.66. The first kappa shape index (κ1) is 19.9. The van der Waals surface area contributed by atoms with Crippen molar-refractivity contribution in [2.45, 2.75) is 19.5 Å². The van der Waals surface area contributed by atoms with Crippen LogP contribution in [0.3, 0.4) is 0 Å². The van der Waals surface area contributed by atoms with E-state index in [0.29, 0.717) is 19.6 Å². The predicted molar refractivity (Wildman–Crippen MR) is 107 cm³/mol. The van der Waals surface area contributed by atoms with Gasteiger partial charge in [0.05, 0.1) is 33.3 Å². The van der Waals surface area contributed by atoms with E-state index in [0.717, 1.165) is 30.0 Å². The molecule has 0 saturated carbocycles. The number of benzene rings is 2. The fourth-order valence-corrected chi connectivity index (χ4v) is 3.46. The molecule has 6 heteroatoms. The minimum absolute atomic E-state index is 0.0358. The molecule has 148 valence electrons. The molecule has 6 nitrogen and oxygen atoms in total. The fraction of sp³-hybridized carbons (Fsp3) is 0.364. The summed E-state index contributed by atoms with van der Waals surface area (Å²) >= 11 is 0. The van der Waals surface area contributed by atoms with Crippen LogP contribution in [-0.4, -0.2) is 56.0 Å². The summed E-state index contributed by atoms with van der Waals surface area (Å²) in [5.74, 6) is 0.903. The van der Waals surface area contributed by atoms with Gasteiger partial charge in [0.15, 0.2) is 6.04 Å². The summed E-state index contributed by atoms with van der Waals surface area (Å²) in [7, 11) is 1.63. The van der Waals surface area contributed by atoms with Gasteiger partial charge in [-0.1, -0.05) is 30.3 Å². The van der Waals surface area contributed by atoms with E-state index in [1.165, 1.54) is 4.90 Å². The van der Waals surface area contributed by atoms with Gasteiger partial charge in [-0.3, -0.25) is 9.59 Å². The number of amides is 2. The SMILES string of the molecule is COc1ccc(CNC(=O)[C@@H](C)[NH+]2CCN(C(=O)c3ccccc3)CC2)cc1. The summed E-state index contributed by atoms with van der Waals surface area (Å²) < 4.78 is 5.15. The molecule has 0 radical (unpaired) electrons. The number of nitrogens with zero attached hydrogens (tertiary/aromatic N) is 1. The van der Waals surface area contributed by atoms with Gasteiger partial charge in [0.2, 0.25) is 0 Å². The molecule has 1 fully saturated rings. The van der Waals surface area contributed by atoms with Crippen molar-refractivity contribution in [3.8, 4) is 5.75 Å². The number of piperazine rings is 1. The van der Waals surface area contributed by atoms with Gasteiger partial charge < -0.3 is 19.9 Å². The number of carbonyl (C=O) groups excluding carboxylic acids is 2. The lowest BCUT2D eigenvalue weighted by molar-refractivity contribution is -0.917. The molecule has 2 aromatic carbocycles. The number of hydrogen-bond acceptors (Lipinski definition) is 3. The largest absolute Gasteiger partial charge is 0.497 e. The van der Waals surface area contributed by atoms with Crippen LogP contribution in [0.2, 0.25) is 0 Å². The molecule has 0 unspecified atom stereocenters. The van der Waals surface area contributed by atoms with Crippen LogP contribution >= 0.6 is 0 Å². The van der Waals surface area contributed by atoms with E-state index in [1.54, 1.807) is 7.11 Å². The molecule has 1 aliphatic heterocycles. The Balaban J connectivity index is 1.46. The molecule has 2 aromatic rings. The Bertz CT molecular complexity index is 784. The van der Waals surface area contributed by atoms with Crippen LogP contribution in [0.5, 0.6) is 5.75 Å². The molecule has 1 heterocycles. The molecule has 0 bridgehead atoms. The number of quaternary nitrogens is 1. The van der Waals surface area contributed by atoms with E-state index in [2.05, 4.69) is 5.32 Å². The zero-order valence-electron chi connectivity index (χ0n) is 16.5. The van der Waals surface area contributed by atoms with E-state index in [-0.39, 0.29) is 17.9 Å². The van der Waals surface area contributed by atoms with Crippen LogP contribution in [-0.2, 0) is 11.3 Å². The van der Waals surface area contributed by atoms with E-state index in [4.69, 9.17) is 4.74 Å². The van der Waals surface area contributed by atoms with E-state index < -0.39 is 0 Å². The highest BCUT2D eigenvalue weighted by Gasteiger charge is 2.30. The maximum absolute atomic E-state index is 12.5. The lowest BCUT2D eigenvalue weighted by Crippen LogP contribution is -3.19. The number of ether oxygens (including phenoxy) is 1. The third-order valence-corrected chi connectivity index (χ3v) is 5.35. The van der Waals surface area contributed by atoms with Gasteiger partial charge in [0, 0.05) is 12.1 Å². The molecule has 0 aromatic heterocycles. The third-order valence-electron chi connectivity index (χ3n) is 5.35. The van der Waals surface area contributed by atoms with Gasteiger partial charge in [-0.15, -0.1) is 0 Å². The summed E-state index contributed by atoms with van der Waals surface area (Å²) in [6.07, 6.45) is 0. The maximum atomic E-state index is 12.5. The number of methoxy groups -OCH3 is 1. The van der Waals surface area contributed by atoms with Crippen molar-refractivity contribution in [3.63, 3.8) is 0 Å². The highest BCUT2D eigenvalue weighted by molar-refractivity contribution is 5.94. The highest BCUT2D eigenvalue weighted by atomic mass is 16.5. The minimum Gasteiger partial charge on any atom is -0.497 e. The van der Waals surface area contributed by atoms with Crippen LogP contribution in [0.25, 0.3) is 0 Å². The molecule has 2 N–H and O–H groups in total. The van der Waals surface area contributed by atoms with Gasteiger partial charge in [0.1, 0.15) is 5.75 Å². The maximum Gasteiger partial charge on any atom is 0.278 e. The predicted octanol–water partition coefficient (Wildman–Crippen LogP) is 0.741. The quantitative estimate of drug-likeness (QED) is 0.775. The zero-order valence-corrected chi connectivity index (χ0v) is 16.5. The minimum atomic E-state index is -0.146. The fourth-order valence-electron chi connectivity index (χ4n) is 3.46. The molecule has 1 saturated heterocycles. The van der Waals surface area contributed by atoms with Gasteiger partial charge >= 0.3 is 0 Å². The molecule has 0 spiro atoms. The van der Waals surface area contributed by atoms with Crippen molar-refractivity contribution in [2.24, 2.45) is 0 Å². The van der Waals surface area contributed by atoms with Crippen molar-refractivity contribution < 1.29 is 19.2 Å². The van der Waals surface area contributed by atoms with Crippen molar-refractivity contribution in [1.82, 2.24) is 10.2 Å². The van der Waals surface area contributed by atoms with Crippen LogP contribution < -0.4 is 15.0 Å². The molecule has 28 heavy (non-hydrogen) atoms. The standard InChI is InChI=1S/C22H27N3O3/c1-17(21(26)23-16-18-8-10-20(28-2)11-9-18)24-12-14-25(15-13-24)22(27)19-6-4-3-5-7-19/h3-11,17H,12-16H2,1-2H3,(H,23,26)/p+1/t17-/m1/s1. The van der Waals surface area contributed by atoms with Crippen LogP contribution in [0.1, 0.15) is 22.8 Å². The van der Waals surface area contributed by atoms with Crippen LogP contribution in [0.4, 0.5) is 0 Å². The number of carbonyl (C=O) groups is 2. The van der Waals surface area contributed by atoms with Crippen molar-refractivity contribution >= 4 is 11.8 Å². The number of rotatable bonds is 6. The average Bonchev–Trinajstić information content (AvgIpc) is 2.77. The molecule has 1 atom stereocenters. The monoisotopic (exact) mass is 382 g/mol. The molecular formula is C22H28N3O3+. The zero-order chi connectivity index (χ0) is 19.9. The first-order chi connectivity index (χ1) is 13.6. The van der Waals surface area contributed by atoms with Crippen molar-refractivity contribution in [1.29, 1.82) is 0 Å². The number of hydrogen-bond donors (Lipinski definition) is 2. The van der Waals surface area contributed by atoms with Crippen molar-refractivity contribution in [3.05, 3.63) is 65.7 Å². The first-order valence-corrected chi connectivity index (χ1v) is 9.68. The Morgan fingerprint density at radius 1 is 1.07 bits per heavy atom. The van der Waals surface area contributed by atoms with E-state index in [1.807, 2.05) is 66.4 Å². The van der Waals surface area contributed by atoms with Gasteiger partial charge in [0.25, 0.3) is 11.8 Å². The second-order valence-corrected chi connectivity index (χ2v) is 7.10. The highest BCUT2D eigenvalue weighted by Crippen LogP contribution is 2.11. The summed E-state index contributed by atoms with van der Waals surface area (Å²) in [6.45, 7) is 5.33. The Morgan fingerprint density at radius 2 is 1.71 bits per heavy atom. The van der Waals surface area contributed by atoms with Gasteiger partial charge in [-0.05, 0) is 36.8 Å². The third kappa shape index (κ3) is 4.89. The van der Waals surface area contributed by atoms with Crippen LogP contribution in [0.15, 0.2) is 54.6 Å². The van der Waals surface area contributed by atoms with Crippen molar-refractivity contribution in [2.75, 3.05) is 33.3 Å². The summed E-state index contributed by atoms with van der Waals surface area (Å²) in [5, 5.41) is 3.01. The molecule has 2 amide bonds. The smallest absolute Gasteiger partial charge is 0.278 e. The molecule has 0 aliphatic carbocycles. The summed E-state index contributed by atoms with van der Waals surface area (Å²) in [4.78, 5) is 28.2. The van der Waals surface area contributed by atoms with Crippen LogP contribution in [0, 0.1) is 0 Å².